The van der Waals surface area contributed by atoms with Gasteiger partial charge in [-0.1, -0.05) is 6.42 Å². The van der Waals surface area contributed by atoms with Gasteiger partial charge in [0.15, 0.2) is 0 Å². The number of hydrogen-bond donors (Lipinski definition) is 1. The van der Waals surface area contributed by atoms with Crippen LogP contribution in [0.4, 0.5) is 0 Å². The molecule has 2 N–H and O–H groups in total. The van der Waals surface area contributed by atoms with Crippen LogP contribution >= 0.6 is 0 Å². The van der Waals surface area contributed by atoms with Gasteiger partial charge in [-0.2, -0.15) is 0 Å². The SMILES string of the molecule is CC(N)CN1CC2CCCC2C1. The van der Waals surface area contributed by atoms with E-state index < -0.39 is 0 Å². The molecule has 12 heavy (non-hydrogen) atoms. The Morgan fingerprint density at radius 1 is 1.33 bits per heavy atom. The number of fused-ring (bicyclic) bond motifs is 1. The van der Waals surface area contributed by atoms with Crippen LogP contribution in [0.2, 0.25) is 0 Å². The van der Waals surface area contributed by atoms with Crippen LogP contribution in [0.5, 0.6) is 0 Å². The quantitative estimate of drug-likeness (QED) is 0.668. The molecule has 70 valence electrons. The number of likely N-dealkylation sites (tertiary alicyclic amines) is 1. The van der Waals surface area contributed by atoms with E-state index in [0.717, 1.165) is 18.4 Å². The third-order valence-corrected chi connectivity index (χ3v) is 3.35. The fourth-order valence-corrected chi connectivity index (χ4v) is 2.89. The first-order valence-corrected chi connectivity index (χ1v) is 5.23. The van der Waals surface area contributed by atoms with Crippen molar-refractivity contribution in [1.29, 1.82) is 0 Å². The monoisotopic (exact) mass is 168 g/mol. The zero-order chi connectivity index (χ0) is 8.55. The first-order valence-electron chi connectivity index (χ1n) is 5.23. The van der Waals surface area contributed by atoms with E-state index in [1.165, 1.54) is 32.4 Å². The summed E-state index contributed by atoms with van der Waals surface area (Å²) in [5.74, 6) is 2.03. The Morgan fingerprint density at radius 2 is 1.92 bits per heavy atom. The Balaban J connectivity index is 1.82. The van der Waals surface area contributed by atoms with Gasteiger partial charge in [0.2, 0.25) is 0 Å². The fourth-order valence-electron chi connectivity index (χ4n) is 2.89. The van der Waals surface area contributed by atoms with Gasteiger partial charge in [0.1, 0.15) is 0 Å². The molecule has 1 aliphatic carbocycles. The maximum absolute atomic E-state index is 5.78. The van der Waals surface area contributed by atoms with E-state index in [2.05, 4.69) is 11.8 Å². The van der Waals surface area contributed by atoms with Crippen molar-refractivity contribution < 1.29 is 0 Å². The second-order valence-corrected chi connectivity index (χ2v) is 4.65. The molecule has 1 saturated heterocycles. The second kappa shape index (κ2) is 3.35. The lowest BCUT2D eigenvalue weighted by atomic mass is 10.0. The highest BCUT2D eigenvalue weighted by molar-refractivity contribution is 4.88. The van der Waals surface area contributed by atoms with E-state index in [-0.39, 0.29) is 0 Å². The molecular formula is C10H20N2. The molecule has 0 spiro atoms. The predicted octanol–water partition coefficient (Wildman–Crippen LogP) is 1.07. The van der Waals surface area contributed by atoms with Crippen LogP contribution in [0.1, 0.15) is 26.2 Å². The third kappa shape index (κ3) is 1.64. The maximum atomic E-state index is 5.78. The minimum absolute atomic E-state index is 0.351. The van der Waals surface area contributed by atoms with E-state index >= 15 is 0 Å². The van der Waals surface area contributed by atoms with Crippen LogP contribution in [0.3, 0.4) is 0 Å². The molecule has 1 heterocycles. The summed E-state index contributed by atoms with van der Waals surface area (Å²) in [4.78, 5) is 2.55. The molecule has 0 radical (unpaired) electrons. The van der Waals surface area contributed by atoms with Gasteiger partial charge < -0.3 is 10.6 Å². The number of rotatable bonds is 2. The molecule has 0 aromatic heterocycles. The Morgan fingerprint density at radius 3 is 2.42 bits per heavy atom. The molecule has 2 heteroatoms. The normalized spacial score (nSPS) is 38.5. The molecule has 0 bridgehead atoms. The van der Waals surface area contributed by atoms with Gasteiger partial charge in [0.25, 0.3) is 0 Å². The van der Waals surface area contributed by atoms with Crippen molar-refractivity contribution in [1.82, 2.24) is 4.90 Å². The minimum atomic E-state index is 0.351. The van der Waals surface area contributed by atoms with Gasteiger partial charge in [-0.3, -0.25) is 0 Å². The summed E-state index contributed by atoms with van der Waals surface area (Å²) >= 11 is 0. The smallest absolute Gasteiger partial charge is 0.0139 e. The summed E-state index contributed by atoms with van der Waals surface area (Å²) in [6, 6.07) is 0.351. The van der Waals surface area contributed by atoms with Crippen molar-refractivity contribution in [3.05, 3.63) is 0 Å². The molecule has 2 aliphatic rings. The molecular weight excluding hydrogens is 148 g/mol. The molecule has 2 nitrogen and oxygen atoms in total. The molecule has 0 aromatic carbocycles. The number of hydrogen-bond acceptors (Lipinski definition) is 2. The molecule has 0 aromatic rings. The summed E-state index contributed by atoms with van der Waals surface area (Å²) in [6.45, 7) is 5.86. The summed E-state index contributed by atoms with van der Waals surface area (Å²) in [7, 11) is 0. The second-order valence-electron chi connectivity index (χ2n) is 4.65. The van der Waals surface area contributed by atoms with Gasteiger partial charge in [-0.25, -0.2) is 0 Å². The van der Waals surface area contributed by atoms with E-state index in [1.807, 2.05) is 0 Å². The van der Waals surface area contributed by atoms with Gasteiger partial charge in [-0.05, 0) is 31.6 Å². The highest BCUT2D eigenvalue weighted by Gasteiger charge is 2.35. The van der Waals surface area contributed by atoms with Crippen LogP contribution in [0, 0.1) is 11.8 Å². The standard InChI is InChI=1S/C10H20N2/c1-8(11)5-12-6-9-3-2-4-10(9)7-12/h8-10H,2-7,11H2,1H3. The van der Waals surface area contributed by atoms with Crippen molar-refractivity contribution in [2.75, 3.05) is 19.6 Å². The van der Waals surface area contributed by atoms with Crippen molar-refractivity contribution in [3.63, 3.8) is 0 Å². The molecule has 3 atom stereocenters. The summed E-state index contributed by atoms with van der Waals surface area (Å²) < 4.78 is 0. The van der Waals surface area contributed by atoms with E-state index in [0.29, 0.717) is 6.04 Å². The topological polar surface area (TPSA) is 29.3 Å². The first-order chi connectivity index (χ1) is 5.75. The third-order valence-electron chi connectivity index (χ3n) is 3.35. The van der Waals surface area contributed by atoms with Crippen LogP contribution in [-0.2, 0) is 0 Å². The predicted molar refractivity (Wildman–Crippen MR) is 50.9 cm³/mol. The van der Waals surface area contributed by atoms with Crippen molar-refractivity contribution in [2.45, 2.75) is 32.2 Å². The van der Waals surface area contributed by atoms with Crippen LogP contribution in [0.25, 0.3) is 0 Å². The Kier molecular flexibility index (Phi) is 2.37. The Bertz CT molecular complexity index is 144. The van der Waals surface area contributed by atoms with Gasteiger partial charge >= 0.3 is 0 Å². The molecule has 1 aliphatic heterocycles. The molecule has 0 amide bonds. The lowest BCUT2D eigenvalue weighted by molar-refractivity contribution is 0.296. The summed E-state index contributed by atoms with van der Waals surface area (Å²) in [6.07, 6.45) is 4.42. The molecule has 3 unspecified atom stereocenters. The van der Waals surface area contributed by atoms with Crippen LogP contribution in [0.15, 0.2) is 0 Å². The average molecular weight is 168 g/mol. The highest BCUT2D eigenvalue weighted by atomic mass is 15.2. The zero-order valence-electron chi connectivity index (χ0n) is 8.00. The van der Waals surface area contributed by atoms with E-state index in [1.54, 1.807) is 0 Å². The Hall–Kier alpha value is -0.0800. The lowest BCUT2D eigenvalue weighted by Gasteiger charge is -2.18. The van der Waals surface area contributed by atoms with Crippen molar-refractivity contribution in [3.8, 4) is 0 Å². The number of nitrogens with two attached hydrogens (primary N) is 1. The maximum Gasteiger partial charge on any atom is 0.0139 e. The van der Waals surface area contributed by atoms with Crippen molar-refractivity contribution in [2.24, 2.45) is 17.6 Å². The minimum Gasteiger partial charge on any atom is -0.327 e. The van der Waals surface area contributed by atoms with Gasteiger partial charge in [0, 0.05) is 25.7 Å². The fraction of sp³-hybridized carbons (Fsp3) is 1.00. The molecule has 2 rings (SSSR count). The van der Waals surface area contributed by atoms with E-state index in [4.69, 9.17) is 5.73 Å². The highest BCUT2D eigenvalue weighted by Crippen LogP contribution is 2.37. The van der Waals surface area contributed by atoms with Gasteiger partial charge in [0.05, 0.1) is 0 Å². The first kappa shape index (κ1) is 8.52. The summed E-state index contributed by atoms with van der Waals surface area (Å²) in [5.41, 5.74) is 5.78. The molecule has 1 saturated carbocycles. The van der Waals surface area contributed by atoms with Gasteiger partial charge in [-0.15, -0.1) is 0 Å². The zero-order valence-corrected chi connectivity index (χ0v) is 8.00. The summed E-state index contributed by atoms with van der Waals surface area (Å²) in [5, 5.41) is 0. The lowest BCUT2D eigenvalue weighted by Crippen LogP contribution is -2.34. The van der Waals surface area contributed by atoms with E-state index in [9.17, 15) is 0 Å². The molecule has 2 fully saturated rings. The Labute approximate surface area is 75.1 Å². The largest absolute Gasteiger partial charge is 0.327 e. The number of nitrogens with zero attached hydrogens (tertiary/aromatic N) is 1. The van der Waals surface area contributed by atoms with Crippen molar-refractivity contribution >= 4 is 0 Å². The van der Waals surface area contributed by atoms with Crippen LogP contribution < -0.4 is 5.73 Å². The average Bonchev–Trinajstić information content (AvgIpc) is 2.43. The van der Waals surface area contributed by atoms with Crippen LogP contribution in [-0.4, -0.2) is 30.6 Å².